The number of ether oxygens (including phenoxy) is 1. The van der Waals surface area contributed by atoms with Gasteiger partial charge in [-0.05, 0) is 19.5 Å². The molecule has 0 bridgehead atoms. The highest BCUT2D eigenvalue weighted by molar-refractivity contribution is 4.90. The standard InChI is InChI=1S/C12H24N2O/c1-5-8-14(9-6-2)12(11-15-4)10-13-7-3/h1,12-13H,6-11H2,2-4H3. The van der Waals surface area contributed by atoms with Crippen LogP contribution in [0.5, 0.6) is 0 Å². The first-order valence-corrected chi connectivity index (χ1v) is 5.67. The van der Waals surface area contributed by atoms with Crippen LogP contribution in [0, 0.1) is 12.3 Å². The average molecular weight is 212 g/mol. The van der Waals surface area contributed by atoms with Crippen molar-refractivity contribution in [1.82, 2.24) is 10.2 Å². The Labute approximate surface area is 94.2 Å². The van der Waals surface area contributed by atoms with E-state index in [9.17, 15) is 0 Å². The van der Waals surface area contributed by atoms with E-state index in [0.717, 1.165) is 32.7 Å². The van der Waals surface area contributed by atoms with Crippen LogP contribution in [0.2, 0.25) is 0 Å². The average Bonchev–Trinajstić information content (AvgIpc) is 2.24. The lowest BCUT2D eigenvalue weighted by Gasteiger charge is -2.29. The molecule has 1 atom stereocenters. The van der Waals surface area contributed by atoms with Crippen LogP contribution in [-0.2, 0) is 4.74 Å². The smallest absolute Gasteiger partial charge is 0.0630 e. The highest BCUT2D eigenvalue weighted by Gasteiger charge is 2.15. The number of methoxy groups -OCH3 is 1. The van der Waals surface area contributed by atoms with Crippen molar-refractivity contribution in [1.29, 1.82) is 0 Å². The van der Waals surface area contributed by atoms with Gasteiger partial charge in [-0.2, -0.15) is 0 Å². The minimum absolute atomic E-state index is 0.381. The van der Waals surface area contributed by atoms with E-state index in [0.29, 0.717) is 12.6 Å². The van der Waals surface area contributed by atoms with Crippen LogP contribution < -0.4 is 5.32 Å². The van der Waals surface area contributed by atoms with Crippen LogP contribution in [0.1, 0.15) is 20.3 Å². The fourth-order valence-corrected chi connectivity index (χ4v) is 1.59. The Hall–Kier alpha value is -0.560. The summed E-state index contributed by atoms with van der Waals surface area (Å²) in [6, 6.07) is 0.381. The van der Waals surface area contributed by atoms with Crippen LogP contribution in [0.3, 0.4) is 0 Å². The molecule has 15 heavy (non-hydrogen) atoms. The summed E-state index contributed by atoms with van der Waals surface area (Å²) in [5, 5.41) is 3.34. The van der Waals surface area contributed by atoms with Gasteiger partial charge in [0.15, 0.2) is 0 Å². The second-order valence-electron chi connectivity index (χ2n) is 3.59. The Bertz CT molecular complexity index is 177. The SMILES string of the molecule is C#CCN(CCC)C(CNCC)COC. The normalized spacial score (nSPS) is 12.7. The highest BCUT2D eigenvalue weighted by Crippen LogP contribution is 2.00. The molecular weight excluding hydrogens is 188 g/mol. The molecule has 0 aromatic heterocycles. The van der Waals surface area contributed by atoms with E-state index < -0.39 is 0 Å². The predicted molar refractivity (Wildman–Crippen MR) is 64.9 cm³/mol. The summed E-state index contributed by atoms with van der Waals surface area (Å²) in [7, 11) is 1.74. The minimum Gasteiger partial charge on any atom is -0.383 e. The van der Waals surface area contributed by atoms with E-state index in [2.05, 4.69) is 30.0 Å². The molecule has 0 aliphatic rings. The Kier molecular flexibility index (Phi) is 9.60. The van der Waals surface area contributed by atoms with Gasteiger partial charge in [0.05, 0.1) is 13.2 Å². The van der Waals surface area contributed by atoms with Crippen molar-refractivity contribution in [3.63, 3.8) is 0 Å². The zero-order valence-electron chi connectivity index (χ0n) is 10.3. The Balaban J connectivity index is 4.17. The lowest BCUT2D eigenvalue weighted by Crippen LogP contribution is -2.45. The maximum absolute atomic E-state index is 5.37. The fraction of sp³-hybridized carbons (Fsp3) is 0.833. The number of terminal acetylenes is 1. The molecule has 0 aromatic rings. The van der Waals surface area contributed by atoms with Gasteiger partial charge in [0.1, 0.15) is 0 Å². The van der Waals surface area contributed by atoms with E-state index in [1.165, 1.54) is 0 Å². The van der Waals surface area contributed by atoms with Gasteiger partial charge < -0.3 is 10.1 Å². The summed E-state index contributed by atoms with van der Waals surface area (Å²) in [6.45, 7) is 8.66. The summed E-state index contributed by atoms with van der Waals surface area (Å²) in [6.07, 6.45) is 6.49. The quantitative estimate of drug-likeness (QED) is 0.576. The van der Waals surface area contributed by atoms with Crippen LogP contribution in [0.25, 0.3) is 0 Å². The number of likely N-dealkylation sites (N-methyl/N-ethyl adjacent to an activating group) is 1. The number of hydrogen-bond acceptors (Lipinski definition) is 3. The molecule has 0 heterocycles. The molecule has 0 saturated heterocycles. The summed E-state index contributed by atoms with van der Waals surface area (Å²) >= 11 is 0. The van der Waals surface area contributed by atoms with Crippen molar-refractivity contribution < 1.29 is 4.74 Å². The molecule has 0 aliphatic carbocycles. The number of nitrogens with one attached hydrogen (secondary N) is 1. The van der Waals surface area contributed by atoms with Crippen molar-refractivity contribution in [3.05, 3.63) is 0 Å². The lowest BCUT2D eigenvalue weighted by atomic mass is 10.2. The topological polar surface area (TPSA) is 24.5 Å². The highest BCUT2D eigenvalue weighted by atomic mass is 16.5. The summed E-state index contributed by atoms with van der Waals surface area (Å²) in [5.74, 6) is 2.71. The van der Waals surface area contributed by atoms with Crippen molar-refractivity contribution in [2.24, 2.45) is 0 Å². The molecule has 0 rings (SSSR count). The number of nitrogens with zero attached hydrogens (tertiary/aromatic N) is 1. The fourth-order valence-electron chi connectivity index (χ4n) is 1.59. The van der Waals surface area contributed by atoms with Gasteiger partial charge in [-0.25, -0.2) is 0 Å². The zero-order valence-corrected chi connectivity index (χ0v) is 10.3. The molecule has 0 spiro atoms. The summed E-state index contributed by atoms with van der Waals surface area (Å²) < 4.78 is 5.22. The Morgan fingerprint density at radius 1 is 1.47 bits per heavy atom. The maximum Gasteiger partial charge on any atom is 0.0630 e. The monoisotopic (exact) mass is 212 g/mol. The van der Waals surface area contributed by atoms with E-state index >= 15 is 0 Å². The van der Waals surface area contributed by atoms with E-state index in [4.69, 9.17) is 11.2 Å². The molecule has 1 unspecified atom stereocenters. The second kappa shape index (κ2) is 9.97. The molecule has 0 saturated carbocycles. The molecule has 3 nitrogen and oxygen atoms in total. The minimum atomic E-state index is 0.381. The first-order valence-electron chi connectivity index (χ1n) is 5.67. The summed E-state index contributed by atoms with van der Waals surface area (Å²) in [5.41, 5.74) is 0. The predicted octanol–water partition coefficient (Wildman–Crippen LogP) is 0.956. The lowest BCUT2D eigenvalue weighted by molar-refractivity contribution is 0.0979. The summed E-state index contributed by atoms with van der Waals surface area (Å²) in [4.78, 5) is 2.30. The van der Waals surface area contributed by atoms with Crippen LogP contribution in [0.15, 0.2) is 0 Å². The number of rotatable bonds is 9. The van der Waals surface area contributed by atoms with Gasteiger partial charge in [-0.3, -0.25) is 4.90 Å². The van der Waals surface area contributed by atoms with E-state index in [1.54, 1.807) is 7.11 Å². The van der Waals surface area contributed by atoms with Gasteiger partial charge in [-0.15, -0.1) is 6.42 Å². The number of hydrogen-bond donors (Lipinski definition) is 1. The van der Waals surface area contributed by atoms with Crippen molar-refractivity contribution >= 4 is 0 Å². The molecular formula is C12H24N2O. The second-order valence-corrected chi connectivity index (χ2v) is 3.59. The van der Waals surface area contributed by atoms with Gasteiger partial charge in [0.25, 0.3) is 0 Å². The van der Waals surface area contributed by atoms with E-state index in [1.807, 2.05) is 0 Å². The largest absolute Gasteiger partial charge is 0.383 e. The van der Waals surface area contributed by atoms with Crippen LogP contribution in [0.4, 0.5) is 0 Å². The van der Waals surface area contributed by atoms with Gasteiger partial charge in [0.2, 0.25) is 0 Å². The molecule has 0 aromatic carbocycles. The van der Waals surface area contributed by atoms with E-state index in [-0.39, 0.29) is 0 Å². The molecule has 0 amide bonds. The maximum atomic E-state index is 5.37. The third kappa shape index (κ3) is 6.51. The van der Waals surface area contributed by atoms with Crippen LogP contribution >= 0.6 is 0 Å². The zero-order chi connectivity index (χ0) is 11.5. The first kappa shape index (κ1) is 14.4. The molecule has 0 fully saturated rings. The molecule has 0 aliphatic heterocycles. The molecule has 0 radical (unpaired) electrons. The third-order valence-corrected chi connectivity index (χ3v) is 2.31. The van der Waals surface area contributed by atoms with Gasteiger partial charge in [0, 0.05) is 19.7 Å². The first-order chi connectivity index (χ1) is 7.29. The molecule has 3 heteroatoms. The van der Waals surface area contributed by atoms with Gasteiger partial charge >= 0.3 is 0 Å². The van der Waals surface area contributed by atoms with Crippen molar-refractivity contribution in [3.8, 4) is 12.3 Å². The molecule has 88 valence electrons. The Morgan fingerprint density at radius 2 is 2.20 bits per heavy atom. The van der Waals surface area contributed by atoms with Crippen LogP contribution in [-0.4, -0.2) is 50.8 Å². The van der Waals surface area contributed by atoms with Crippen molar-refractivity contribution in [2.45, 2.75) is 26.3 Å². The van der Waals surface area contributed by atoms with Crippen molar-refractivity contribution in [2.75, 3.05) is 39.9 Å². The van der Waals surface area contributed by atoms with Gasteiger partial charge in [-0.1, -0.05) is 19.8 Å². The Morgan fingerprint density at radius 3 is 2.67 bits per heavy atom. The molecule has 1 N–H and O–H groups in total. The third-order valence-electron chi connectivity index (χ3n) is 2.31.